The van der Waals surface area contributed by atoms with E-state index in [2.05, 4.69) is 22.0 Å². The molecular weight excluding hydrogens is 492 g/mol. The summed E-state index contributed by atoms with van der Waals surface area (Å²) in [7, 11) is 0. The molecule has 1 unspecified atom stereocenters. The normalized spacial score (nSPS) is 19.0. The van der Waals surface area contributed by atoms with E-state index in [1.807, 2.05) is 51.2 Å². The van der Waals surface area contributed by atoms with Gasteiger partial charge in [0, 0.05) is 40.3 Å². The van der Waals surface area contributed by atoms with Gasteiger partial charge < -0.3 is 14.7 Å². The summed E-state index contributed by atoms with van der Waals surface area (Å²) >= 11 is 9.86. The molecule has 1 amide bonds. The Morgan fingerprint density at radius 3 is 2.66 bits per heavy atom. The predicted octanol–water partition coefficient (Wildman–Crippen LogP) is 6.12. The maximum absolute atomic E-state index is 12.5. The molecule has 7 heteroatoms. The highest BCUT2D eigenvalue weighted by Gasteiger charge is 2.36. The van der Waals surface area contributed by atoms with E-state index < -0.39 is 5.60 Å². The van der Waals surface area contributed by atoms with E-state index in [4.69, 9.17) is 21.3 Å². The molecule has 4 rings (SSSR count). The molecule has 1 aliphatic heterocycles. The molecule has 2 aliphatic rings. The van der Waals surface area contributed by atoms with E-state index in [0.717, 1.165) is 45.3 Å². The van der Waals surface area contributed by atoms with E-state index in [9.17, 15) is 9.90 Å². The quantitative estimate of drug-likeness (QED) is 0.519. The fourth-order valence-corrected chi connectivity index (χ4v) is 5.18. The number of ether oxygens (including phenoxy) is 1. The number of benzene rings is 1. The van der Waals surface area contributed by atoms with E-state index >= 15 is 0 Å². The number of fused-ring (bicyclic) bond motifs is 2. The number of rotatable bonds is 2. The smallest absolute Gasteiger partial charge is 0.410 e. The lowest BCUT2D eigenvalue weighted by Gasteiger charge is -2.37. The van der Waals surface area contributed by atoms with Crippen LogP contribution < -0.4 is 0 Å². The number of carbonyl (C=O) groups excluding carboxylic acids is 1. The van der Waals surface area contributed by atoms with Gasteiger partial charge in [0.05, 0.1) is 12.3 Å². The monoisotopic (exact) mass is 518 g/mol. The van der Waals surface area contributed by atoms with Gasteiger partial charge in [-0.15, -0.1) is 0 Å². The summed E-state index contributed by atoms with van der Waals surface area (Å²) < 4.78 is 6.44. The Hall–Kier alpha value is -1.89. The molecule has 1 saturated heterocycles. The third kappa shape index (κ3) is 4.87. The molecule has 0 spiro atoms. The van der Waals surface area contributed by atoms with Crippen molar-refractivity contribution < 1.29 is 14.6 Å². The molecule has 0 radical (unpaired) electrons. The van der Waals surface area contributed by atoms with Gasteiger partial charge in [-0.05, 0) is 96.4 Å². The highest BCUT2D eigenvalue weighted by atomic mass is 79.9. The number of aliphatic hydroxyl groups excluding tert-OH is 1. The van der Waals surface area contributed by atoms with Crippen molar-refractivity contribution >= 4 is 45.3 Å². The predicted molar refractivity (Wildman–Crippen MR) is 131 cm³/mol. The fourth-order valence-electron chi connectivity index (χ4n) is 4.67. The molecule has 2 aromatic rings. The minimum atomic E-state index is -0.504. The summed E-state index contributed by atoms with van der Waals surface area (Å²) in [6.45, 7) is 6.87. The van der Waals surface area contributed by atoms with Gasteiger partial charge in [0.1, 0.15) is 5.60 Å². The van der Waals surface area contributed by atoms with Gasteiger partial charge in [-0.1, -0.05) is 17.7 Å². The number of nitrogens with zero attached hydrogens (tertiary/aromatic N) is 2. The minimum absolute atomic E-state index is 0.0476. The van der Waals surface area contributed by atoms with Gasteiger partial charge in [-0.2, -0.15) is 0 Å². The first-order valence-electron chi connectivity index (χ1n) is 10.9. The molecule has 1 aliphatic carbocycles. The lowest BCUT2D eigenvalue weighted by Crippen LogP contribution is -2.42. The lowest BCUT2D eigenvalue weighted by atomic mass is 9.76. The summed E-state index contributed by atoms with van der Waals surface area (Å²) in [5, 5.41) is 10.8. The van der Waals surface area contributed by atoms with E-state index in [1.165, 1.54) is 0 Å². The number of amides is 1. The van der Waals surface area contributed by atoms with Gasteiger partial charge in [-0.25, -0.2) is 4.79 Å². The number of aliphatic hydroxyl groups is 1. The van der Waals surface area contributed by atoms with Crippen molar-refractivity contribution in [3.05, 3.63) is 62.3 Å². The Balaban J connectivity index is 1.69. The van der Waals surface area contributed by atoms with Crippen molar-refractivity contribution in [2.75, 3.05) is 19.7 Å². The molecule has 1 aromatic heterocycles. The van der Waals surface area contributed by atoms with Gasteiger partial charge in [0.25, 0.3) is 0 Å². The first-order valence-corrected chi connectivity index (χ1v) is 12.1. The summed E-state index contributed by atoms with van der Waals surface area (Å²) in [6, 6.07) is 7.98. The van der Waals surface area contributed by atoms with E-state index in [-0.39, 0.29) is 18.6 Å². The molecule has 1 N–H and O–H groups in total. The number of pyridine rings is 1. The second-order valence-electron chi connectivity index (χ2n) is 9.47. The largest absolute Gasteiger partial charge is 0.444 e. The number of carbonyl (C=O) groups is 1. The first kappa shape index (κ1) is 23.3. The van der Waals surface area contributed by atoms with Crippen molar-refractivity contribution in [3.8, 4) is 0 Å². The lowest BCUT2D eigenvalue weighted by molar-refractivity contribution is 0.0178. The number of halogens is 2. The van der Waals surface area contributed by atoms with Crippen molar-refractivity contribution in [3.63, 3.8) is 0 Å². The van der Waals surface area contributed by atoms with Crippen LogP contribution in [-0.4, -0.2) is 46.4 Å². The summed E-state index contributed by atoms with van der Waals surface area (Å²) in [4.78, 5) is 19.2. The summed E-state index contributed by atoms with van der Waals surface area (Å²) in [5.74, 6) is 0.346. The second-order valence-corrected chi connectivity index (χ2v) is 10.8. The Morgan fingerprint density at radius 1 is 1.28 bits per heavy atom. The summed E-state index contributed by atoms with van der Waals surface area (Å²) in [6.07, 6.45) is 5.27. The SMILES string of the molecule is CC(C)(C)OC(=O)N1CCC(C2c3ccc(Cl)cc3C=C(CO)c3cc(Br)cnc32)CC1. The average Bonchev–Trinajstić information content (AvgIpc) is 2.86. The third-order valence-corrected chi connectivity index (χ3v) is 6.74. The van der Waals surface area contributed by atoms with Crippen LogP contribution in [0.3, 0.4) is 0 Å². The Kier molecular flexibility index (Phi) is 6.66. The van der Waals surface area contributed by atoms with Crippen LogP contribution in [-0.2, 0) is 4.74 Å². The van der Waals surface area contributed by atoms with Crippen LogP contribution in [0.2, 0.25) is 5.02 Å². The van der Waals surface area contributed by atoms with Crippen molar-refractivity contribution in [1.29, 1.82) is 0 Å². The van der Waals surface area contributed by atoms with Gasteiger partial charge in [-0.3, -0.25) is 4.98 Å². The molecule has 2 heterocycles. The van der Waals surface area contributed by atoms with Crippen LogP contribution in [0.1, 0.15) is 61.9 Å². The average molecular weight is 520 g/mol. The van der Waals surface area contributed by atoms with Gasteiger partial charge in [0.15, 0.2) is 0 Å². The zero-order chi connectivity index (χ0) is 23.0. The van der Waals surface area contributed by atoms with Crippen LogP contribution in [0, 0.1) is 5.92 Å². The maximum atomic E-state index is 12.5. The first-order chi connectivity index (χ1) is 15.2. The van der Waals surface area contributed by atoms with Crippen molar-refractivity contribution in [1.82, 2.24) is 9.88 Å². The van der Waals surface area contributed by atoms with Crippen LogP contribution in [0.25, 0.3) is 11.6 Å². The molecule has 0 bridgehead atoms. The molecule has 1 aromatic carbocycles. The molecule has 32 heavy (non-hydrogen) atoms. The molecule has 1 atom stereocenters. The van der Waals surface area contributed by atoms with Crippen LogP contribution >= 0.6 is 27.5 Å². The van der Waals surface area contributed by atoms with Crippen molar-refractivity contribution in [2.24, 2.45) is 5.92 Å². The highest BCUT2D eigenvalue weighted by Crippen LogP contribution is 2.45. The molecule has 170 valence electrons. The van der Waals surface area contributed by atoms with E-state index in [1.54, 1.807) is 4.90 Å². The highest BCUT2D eigenvalue weighted by molar-refractivity contribution is 9.10. The second kappa shape index (κ2) is 9.16. The van der Waals surface area contributed by atoms with E-state index in [0.29, 0.717) is 24.0 Å². The minimum Gasteiger partial charge on any atom is -0.444 e. The van der Waals surface area contributed by atoms with Gasteiger partial charge >= 0.3 is 6.09 Å². The molecule has 5 nitrogen and oxygen atoms in total. The number of hydrogen-bond donors (Lipinski definition) is 1. The summed E-state index contributed by atoms with van der Waals surface area (Å²) in [5.41, 5.74) is 4.40. The molecule has 1 fully saturated rings. The van der Waals surface area contributed by atoms with Crippen LogP contribution in [0.15, 0.2) is 34.9 Å². The topological polar surface area (TPSA) is 62.7 Å². The van der Waals surface area contributed by atoms with Crippen LogP contribution in [0.4, 0.5) is 4.79 Å². The van der Waals surface area contributed by atoms with Crippen molar-refractivity contribution in [2.45, 2.75) is 45.1 Å². The van der Waals surface area contributed by atoms with Crippen LogP contribution in [0.5, 0.6) is 0 Å². The van der Waals surface area contributed by atoms with Gasteiger partial charge in [0.2, 0.25) is 0 Å². The molecule has 0 saturated carbocycles. The number of likely N-dealkylation sites (tertiary alicyclic amines) is 1. The number of hydrogen-bond acceptors (Lipinski definition) is 4. The maximum Gasteiger partial charge on any atom is 0.410 e. The zero-order valence-corrected chi connectivity index (χ0v) is 20.9. The zero-order valence-electron chi connectivity index (χ0n) is 18.6. The Morgan fingerprint density at radius 2 is 2.00 bits per heavy atom. The number of aromatic nitrogens is 1. The number of piperidine rings is 1. The Labute approximate surface area is 202 Å². The molecular formula is C25H28BrClN2O3. The Bertz CT molecular complexity index is 1060. The third-order valence-electron chi connectivity index (χ3n) is 6.07. The standard InChI is InChI=1S/C25H28BrClN2O3/c1-25(2,3)32-24(31)29-8-6-15(7-9-29)22-20-5-4-19(27)11-16(20)10-17(14-30)21-12-18(26)13-28-23(21)22/h4-5,10-13,15,22,30H,6-9,14H2,1-3H3. The fraction of sp³-hybridized carbons (Fsp3) is 0.440.